The molecule has 2 aliphatic rings. The third kappa shape index (κ3) is 4.67. The van der Waals surface area contributed by atoms with Gasteiger partial charge in [-0.3, -0.25) is 14.5 Å². The summed E-state index contributed by atoms with van der Waals surface area (Å²) in [7, 11) is 0. The van der Waals surface area contributed by atoms with Crippen molar-refractivity contribution in [1.82, 2.24) is 14.7 Å². The number of rotatable bonds is 5. The van der Waals surface area contributed by atoms with Crippen molar-refractivity contribution in [2.45, 2.75) is 17.7 Å². The first-order chi connectivity index (χ1) is 13.7. The lowest BCUT2D eigenvalue weighted by Gasteiger charge is -2.35. The van der Waals surface area contributed by atoms with Gasteiger partial charge in [0.25, 0.3) is 0 Å². The van der Waals surface area contributed by atoms with E-state index >= 15 is 0 Å². The maximum Gasteiger partial charge on any atom is 0.236 e. The van der Waals surface area contributed by atoms with Crippen LogP contribution in [0.25, 0.3) is 10.8 Å². The molecule has 4 rings (SSSR count). The van der Waals surface area contributed by atoms with Gasteiger partial charge in [-0.05, 0) is 35.7 Å². The summed E-state index contributed by atoms with van der Waals surface area (Å²) < 4.78 is 0. The summed E-state index contributed by atoms with van der Waals surface area (Å²) in [6, 6.07) is 14.6. The van der Waals surface area contributed by atoms with E-state index in [2.05, 4.69) is 35.2 Å². The van der Waals surface area contributed by atoms with Gasteiger partial charge in [-0.25, -0.2) is 0 Å². The molecule has 0 atom stereocenters. The Kier molecular flexibility index (Phi) is 6.17. The van der Waals surface area contributed by atoms with E-state index in [9.17, 15) is 9.59 Å². The molecule has 2 aliphatic heterocycles. The number of carbonyl (C=O) groups excluding carboxylic acids is 2. The van der Waals surface area contributed by atoms with Crippen LogP contribution in [-0.2, 0) is 9.59 Å². The molecule has 2 heterocycles. The SMILES string of the molecule is O=C(CSc1ccc2ccccc2c1)N1CCN(CC(=O)N2CCCC2)CC1. The fourth-order valence-electron chi connectivity index (χ4n) is 3.91. The van der Waals surface area contributed by atoms with Crippen molar-refractivity contribution in [3.05, 3.63) is 42.5 Å². The minimum Gasteiger partial charge on any atom is -0.342 e. The van der Waals surface area contributed by atoms with Gasteiger partial charge in [-0.2, -0.15) is 0 Å². The van der Waals surface area contributed by atoms with Gasteiger partial charge in [0.05, 0.1) is 12.3 Å². The summed E-state index contributed by atoms with van der Waals surface area (Å²) >= 11 is 1.60. The van der Waals surface area contributed by atoms with E-state index in [0.29, 0.717) is 25.4 Å². The highest BCUT2D eigenvalue weighted by Gasteiger charge is 2.25. The predicted octanol–water partition coefficient (Wildman–Crippen LogP) is 2.70. The number of fused-ring (bicyclic) bond motifs is 1. The van der Waals surface area contributed by atoms with Crippen molar-refractivity contribution in [3.63, 3.8) is 0 Å². The Morgan fingerprint density at radius 1 is 0.786 bits per heavy atom. The number of thioether (sulfide) groups is 1. The van der Waals surface area contributed by atoms with Gasteiger partial charge < -0.3 is 9.80 Å². The Morgan fingerprint density at radius 3 is 2.21 bits per heavy atom. The Labute approximate surface area is 170 Å². The standard InChI is InChI=1S/C22H27N3O2S/c26-21(24-9-3-4-10-24)16-23-11-13-25(14-12-23)22(27)17-28-20-8-7-18-5-1-2-6-19(18)15-20/h1-2,5-8,15H,3-4,9-14,16-17H2. The number of hydrogen-bond donors (Lipinski definition) is 0. The number of benzene rings is 2. The molecular weight excluding hydrogens is 370 g/mol. The average molecular weight is 398 g/mol. The number of piperazine rings is 1. The van der Waals surface area contributed by atoms with Crippen LogP contribution in [0, 0.1) is 0 Å². The quantitative estimate of drug-likeness (QED) is 0.728. The summed E-state index contributed by atoms with van der Waals surface area (Å²) in [5.41, 5.74) is 0. The minimum atomic E-state index is 0.184. The molecule has 0 bridgehead atoms. The molecule has 28 heavy (non-hydrogen) atoms. The van der Waals surface area contributed by atoms with Crippen LogP contribution >= 0.6 is 11.8 Å². The lowest BCUT2D eigenvalue weighted by Crippen LogP contribution is -2.51. The van der Waals surface area contributed by atoms with Gasteiger partial charge in [0, 0.05) is 44.2 Å². The van der Waals surface area contributed by atoms with Gasteiger partial charge in [0.2, 0.25) is 11.8 Å². The first kappa shape index (κ1) is 19.3. The van der Waals surface area contributed by atoms with Crippen molar-refractivity contribution in [2.75, 3.05) is 51.6 Å². The molecule has 0 N–H and O–H groups in total. The lowest BCUT2D eigenvalue weighted by atomic mass is 10.1. The van der Waals surface area contributed by atoms with E-state index in [1.807, 2.05) is 21.9 Å². The Bertz CT molecular complexity index is 843. The van der Waals surface area contributed by atoms with Crippen molar-refractivity contribution in [1.29, 1.82) is 0 Å². The van der Waals surface area contributed by atoms with Crippen molar-refractivity contribution < 1.29 is 9.59 Å². The zero-order chi connectivity index (χ0) is 19.3. The number of carbonyl (C=O) groups is 2. The van der Waals surface area contributed by atoms with Crippen LogP contribution in [0.15, 0.2) is 47.4 Å². The van der Waals surface area contributed by atoms with Crippen LogP contribution < -0.4 is 0 Å². The van der Waals surface area contributed by atoms with Gasteiger partial charge >= 0.3 is 0 Å². The second kappa shape index (κ2) is 8.97. The molecule has 2 amide bonds. The molecular formula is C22H27N3O2S. The maximum absolute atomic E-state index is 12.6. The van der Waals surface area contributed by atoms with E-state index in [1.54, 1.807) is 11.8 Å². The molecule has 2 aromatic rings. The number of likely N-dealkylation sites (tertiary alicyclic amines) is 1. The zero-order valence-corrected chi connectivity index (χ0v) is 17.0. The molecule has 0 saturated carbocycles. The van der Waals surface area contributed by atoms with Crippen molar-refractivity contribution >= 4 is 34.3 Å². The van der Waals surface area contributed by atoms with Crippen LogP contribution in [0.5, 0.6) is 0 Å². The number of amides is 2. The molecule has 5 nitrogen and oxygen atoms in total. The van der Waals surface area contributed by atoms with Gasteiger partial charge in [0.1, 0.15) is 0 Å². The average Bonchev–Trinajstić information content (AvgIpc) is 3.27. The minimum absolute atomic E-state index is 0.184. The smallest absolute Gasteiger partial charge is 0.236 e. The second-order valence-electron chi connectivity index (χ2n) is 7.54. The van der Waals surface area contributed by atoms with Gasteiger partial charge in [0.15, 0.2) is 0 Å². The molecule has 0 aliphatic carbocycles. The molecule has 2 fully saturated rings. The predicted molar refractivity (Wildman–Crippen MR) is 114 cm³/mol. The zero-order valence-electron chi connectivity index (χ0n) is 16.2. The summed E-state index contributed by atoms with van der Waals surface area (Å²) in [5.74, 6) is 0.887. The molecule has 2 aromatic carbocycles. The van der Waals surface area contributed by atoms with Gasteiger partial charge in [-0.15, -0.1) is 11.8 Å². The summed E-state index contributed by atoms with van der Waals surface area (Å²) in [6.45, 7) is 5.30. The molecule has 0 aromatic heterocycles. The lowest BCUT2D eigenvalue weighted by molar-refractivity contribution is -0.133. The summed E-state index contributed by atoms with van der Waals surface area (Å²) in [6.07, 6.45) is 2.26. The summed E-state index contributed by atoms with van der Waals surface area (Å²) in [5, 5.41) is 2.43. The third-order valence-corrected chi connectivity index (χ3v) is 6.60. The molecule has 0 spiro atoms. The van der Waals surface area contributed by atoms with E-state index in [1.165, 1.54) is 10.8 Å². The van der Waals surface area contributed by atoms with Crippen LogP contribution in [0.4, 0.5) is 0 Å². The number of hydrogen-bond acceptors (Lipinski definition) is 4. The van der Waals surface area contributed by atoms with E-state index in [4.69, 9.17) is 0 Å². The molecule has 6 heteroatoms. The monoisotopic (exact) mass is 397 g/mol. The fourth-order valence-corrected chi connectivity index (χ4v) is 4.75. The van der Waals surface area contributed by atoms with E-state index in [-0.39, 0.29) is 11.8 Å². The highest BCUT2D eigenvalue weighted by Crippen LogP contribution is 2.24. The third-order valence-electron chi connectivity index (χ3n) is 5.63. The normalized spacial score (nSPS) is 18.0. The Morgan fingerprint density at radius 2 is 1.46 bits per heavy atom. The first-order valence-electron chi connectivity index (χ1n) is 10.1. The topological polar surface area (TPSA) is 43.9 Å². The Balaban J connectivity index is 1.23. The van der Waals surface area contributed by atoms with Crippen LogP contribution in [-0.4, -0.2) is 78.1 Å². The van der Waals surface area contributed by atoms with Crippen molar-refractivity contribution in [3.8, 4) is 0 Å². The fraction of sp³-hybridized carbons (Fsp3) is 0.455. The largest absolute Gasteiger partial charge is 0.342 e. The summed E-state index contributed by atoms with van der Waals surface area (Å²) in [4.78, 5) is 32.1. The van der Waals surface area contributed by atoms with E-state index in [0.717, 1.165) is 43.9 Å². The van der Waals surface area contributed by atoms with E-state index < -0.39 is 0 Å². The maximum atomic E-state index is 12.6. The molecule has 2 saturated heterocycles. The van der Waals surface area contributed by atoms with Gasteiger partial charge in [-0.1, -0.05) is 30.3 Å². The number of nitrogens with zero attached hydrogens (tertiary/aromatic N) is 3. The first-order valence-corrected chi connectivity index (χ1v) is 11.1. The Hall–Kier alpha value is -2.05. The van der Waals surface area contributed by atoms with Crippen molar-refractivity contribution in [2.24, 2.45) is 0 Å². The second-order valence-corrected chi connectivity index (χ2v) is 8.59. The van der Waals surface area contributed by atoms with Crippen LogP contribution in [0.1, 0.15) is 12.8 Å². The van der Waals surface area contributed by atoms with Crippen LogP contribution in [0.2, 0.25) is 0 Å². The molecule has 0 unspecified atom stereocenters. The molecule has 148 valence electrons. The highest BCUT2D eigenvalue weighted by molar-refractivity contribution is 8.00. The van der Waals surface area contributed by atoms with Crippen LogP contribution in [0.3, 0.4) is 0 Å². The highest BCUT2D eigenvalue weighted by atomic mass is 32.2. The molecule has 0 radical (unpaired) electrons.